The van der Waals surface area contributed by atoms with Crippen molar-refractivity contribution in [1.82, 2.24) is 10.2 Å². The average Bonchev–Trinajstić information content (AvgIpc) is 2.66. The molecule has 0 aromatic heterocycles. The summed E-state index contributed by atoms with van der Waals surface area (Å²) in [5, 5.41) is 11.8. The molecule has 1 amide bonds. The number of sulfone groups is 1. The molecule has 1 fully saturated rings. The predicted molar refractivity (Wildman–Crippen MR) is 68.9 cm³/mol. The van der Waals surface area contributed by atoms with Crippen molar-refractivity contribution in [2.45, 2.75) is 12.5 Å². The maximum absolute atomic E-state index is 11.9. The van der Waals surface area contributed by atoms with Gasteiger partial charge in [0.25, 0.3) is 0 Å². The highest BCUT2D eigenvalue weighted by Crippen LogP contribution is 2.17. The minimum Gasteiger partial charge on any atom is -0.395 e. The van der Waals surface area contributed by atoms with Gasteiger partial charge in [0.1, 0.15) is 0 Å². The highest BCUT2D eigenvalue weighted by Gasteiger charge is 2.34. The molecule has 1 heterocycles. The average molecular weight is 276 g/mol. The Labute approximate surface area is 108 Å². The second-order valence-corrected chi connectivity index (χ2v) is 6.52. The number of aliphatic hydroxyl groups excluding tert-OH is 1. The maximum Gasteiger partial charge on any atom is 0.236 e. The third-order valence-corrected chi connectivity index (χ3v) is 4.63. The minimum absolute atomic E-state index is 0.000197. The topological polar surface area (TPSA) is 86.7 Å². The quantitative estimate of drug-likeness (QED) is 0.449. The van der Waals surface area contributed by atoms with Crippen molar-refractivity contribution >= 4 is 15.7 Å². The lowest BCUT2D eigenvalue weighted by atomic mass is 10.2. The largest absolute Gasteiger partial charge is 0.395 e. The Balaban J connectivity index is 2.59. The van der Waals surface area contributed by atoms with E-state index in [0.717, 1.165) is 0 Å². The van der Waals surface area contributed by atoms with E-state index in [4.69, 9.17) is 5.11 Å². The number of hydrogen-bond acceptors (Lipinski definition) is 5. The van der Waals surface area contributed by atoms with Gasteiger partial charge in [-0.3, -0.25) is 4.79 Å². The second-order valence-electron chi connectivity index (χ2n) is 4.29. The van der Waals surface area contributed by atoms with E-state index in [-0.39, 0.29) is 43.2 Å². The van der Waals surface area contributed by atoms with Gasteiger partial charge in [-0.05, 0) is 6.42 Å². The standard InChI is InChI=1S/C11H20N2O4S/c1-2-4-12-8-11(15)13(5-6-14)10-3-7-18(16,17)9-10/h2,10,12,14H,1,3-9H2. The molecule has 1 saturated heterocycles. The lowest BCUT2D eigenvalue weighted by Gasteiger charge is -2.27. The summed E-state index contributed by atoms with van der Waals surface area (Å²) in [5.41, 5.74) is 0. The Morgan fingerprint density at radius 2 is 2.28 bits per heavy atom. The Morgan fingerprint density at radius 1 is 1.56 bits per heavy atom. The van der Waals surface area contributed by atoms with Gasteiger partial charge in [0.05, 0.1) is 24.7 Å². The van der Waals surface area contributed by atoms with Crippen LogP contribution in [0.3, 0.4) is 0 Å². The summed E-state index contributed by atoms with van der Waals surface area (Å²) >= 11 is 0. The summed E-state index contributed by atoms with van der Waals surface area (Å²) in [6.45, 7) is 4.18. The van der Waals surface area contributed by atoms with E-state index >= 15 is 0 Å². The van der Waals surface area contributed by atoms with Crippen molar-refractivity contribution < 1.29 is 18.3 Å². The van der Waals surface area contributed by atoms with Crippen LogP contribution in [0, 0.1) is 0 Å². The van der Waals surface area contributed by atoms with Gasteiger partial charge in [0.2, 0.25) is 5.91 Å². The lowest BCUT2D eigenvalue weighted by molar-refractivity contribution is -0.132. The van der Waals surface area contributed by atoms with Gasteiger partial charge in [0.15, 0.2) is 9.84 Å². The molecule has 1 atom stereocenters. The fourth-order valence-corrected chi connectivity index (χ4v) is 3.75. The van der Waals surface area contributed by atoms with E-state index in [9.17, 15) is 13.2 Å². The zero-order valence-corrected chi connectivity index (χ0v) is 11.2. The van der Waals surface area contributed by atoms with E-state index in [1.165, 1.54) is 4.90 Å². The third-order valence-electron chi connectivity index (χ3n) is 2.88. The molecule has 18 heavy (non-hydrogen) atoms. The van der Waals surface area contributed by atoms with Crippen molar-refractivity contribution in [3.8, 4) is 0 Å². The molecule has 7 heteroatoms. The van der Waals surface area contributed by atoms with E-state index in [1.54, 1.807) is 6.08 Å². The van der Waals surface area contributed by atoms with Crippen LogP contribution in [0.2, 0.25) is 0 Å². The molecule has 2 N–H and O–H groups in total. The Bertz CT molecular complexity index is 394. The minimum atomic E-state index is -3.03. The first-order valence-corrected chi connectivity index (χ1v) is 7.74. The van der Waals surface area contributed by atoms with Crippen LogP contribution in [-0.2, 0) is 14.6 Å². The normalized spacial score (nSPS) is 21.7. The Hall–Kier alpha value is -0.920. The molecule has 0 saturated carbocycles. The van der Waals surface area contributed by atoms with E-state index < -0.39 is 9.84 Å². The van der Waals surface area contributed by atoms with Crippen molar-refractivity contribution in [2.24, 2.45) is 0 Å². The molecule has 1 aliphatic rings. The second kappa shape index (κ2) is 6.86. The monoisotopic (exact) mass is 276 g/mol. The highest BCUT2D eigenvalue weighted by atomic mass is 32.2. The van der Waals surface area contributed by atoms with Crippen LogP contribution < -0.4 is 5.32 Å². The van der Waals surface area contributed by atoms with Crippen LogP contribution in [0.5, 0.6) is 0 Å². The summed E-state index contributed by atoms with van der Waals surface area (Å²) < 4.78 is 22.8. The Kier molecular flexibility index (Phi) is 5.77. The SMILES string of the molecule is C=CCNCC(=O)N(CCO)C1CCS(=O)(=O)C1. The van der Waals surface area contributed by atoms with Crippen LogP contribution in [0.4, 0.5) is 0 Å². The zero-order valence-electron chi connectivity index (χ0n) is 10.3. The van der Waals surface area contributed by atoms with Crippen molar-refractivity contribution in [3.05, 3.63) is 12.7 Å². The maximum atomic E-state index is 11.9. The van der Waals surface area contributed by atoms with Gasteiger partial charge in [-0.1, -0.05) is 6.08 Å². The lowest BCUT2D eigenvalue weighted by Crippen LogP contribution is -2.46. The molecule has 0 aromatic rings. The van der Waals surface area contributed by atoms with Crippen LogP contribution in [-0.4, -0.2) is 68.1 Å². The summed E-state index contributed by atoms with van der Waals surface area (Å²) in [6, 6.07) is -0.305. The number of aliphatic hydroxyl groups is 1. The van der Waals surface area contributed by atoms with Crippen LogP contribution in [0.1, 0.15) is 6.42 Å². The number of carbonyl (C=O) groups is 1. The molecule has 0 radical (unpaired) electrons. The van der Waals surface area contributed by atoms with Crippen molar-refractivity contribution in [1.29, 1.82) is 0 Å². The third kappa shape index (κ3) is 4.40. The number of carbonyl (C=O) groups excluding carboxylic acids is 1. The molecule has 104 valence electrons. The summed E-state index contributed by atoms with van der Waals surface area (Å²) in [7, 11) is -3.03. The number of nitrogens with one attached hydrogen (secondary N) is 1. The summed E-state index contributed by atoms with van der Waals surface area (Å²) in [6.07, 6.45) is 2.10. The smallest absolute Gasteiger partial charge is 0.236 e. The first-order chi connectivity index (χ1) is 8.50. The van der Waals surface area contributed by atoms with Gasteiger partial charge in [0, 0.05) is 19.1 Å². The van der Waals surface area contributed by atoms with Gasteiger partial charge in [-0.2, -0.15) is 0 Å². The molecular weight excluding hydrogens is 256 g/mol. The van der Waals surface area contributed by atoms with Gasteiger partial charge in [-0.15, -0.1) is 6.58 Å². The van der Waals surface area contributed by atoms with E-state index in [1.807, 2.05) is 0 Å². The van der Waals surface area contributed by atoms with Crippen molar-refractivity contribution in [3.63, 3.8) is 0 Å². The number of nitrogens with zero attached hydrogens (tertiary/aromatic N) is 1. The molecule has 6 nitrogen and oxygen atoms in total. The van der Waals surface area contributed by atoms with Crippen molar-refractivity contribution in [2.75, 3.05) is 37.7 Å². The van der Waals surface area contributed by atoms with Gasteiger partial charge < -0.3 is 15.3 Å². The summed E-state index contributed by atoms with van der Waals surface area (Å²) in [4.78, 5) is 13.4. The van der Waals surface area contributed by atoms with E-state index in [0.29, 0.717) is 13.0 Å². The molecule has 0 spiro atoms. The molecule has 0 aromatic carbocycles. The molecular formula is C11H20N2O4S. The van der Waals surface area contributed by atoms with Crippen LogP contribution in [0.25, 0.3) is 0 Å². The Morgan fingerprint density at radius 3 is 2.78 bits per heavy atom. The molecule has 1 rings (SSSR count). The fraction of sp³-hybridized carbons (Fsp3) is 0.727. The van der Waals surface area contributed by atoms with Gasteiger partial charge >= 0.3 is 0 Å². The fourth-order valence-electron chi connectivity index (χ4n) is 2.02. The predicted octanol–water partition coefficient (Wildman–Crippen LogP) is -1.23. The number of amides is 1. The van der Waals surface area contributed by atoms with Crippen LogP contribution >= 0.6 is 0 Å². The number of rotatable bonds is 7. The molecule has 1 unspecified atom stereocenters. The molecule has 1 aliphatic heterocycles. The van der Waals surface area contributed by atoms with Gasteiger partial charge in [-0.25, -0.2) is 8.42 Å². The highest BCUT2D eigenvalue weighted by molar-refractivity contribution is 7.91. The van der Waals surface area contributed by atoms with E-state index in [2.05, 4.69) is 11.9 Å². The molecule has 0 bridgehead atoms. The zero-order chi connectivity index (χ0) is 13.6. The first-order valence-electron chi connectivity index (χ1n) is 5.92. The molecule has 0 aliphatic carbocycles. The first kappa shape index (κ1) is 15.1. The van der Waals surface area contributed by atoms with Crippen LogP contribution in [0.15, 0.2) is 12.7 Å². The number of hydrogen-bond donors (Lipinski definition) is 2. The summed E-state index contributed by atoms with van der Waals surface area (Å²) in [5.74, 6) is -0.0688.